The molecule has 51 heavy (non-hydrogen) atoms. The molecule has 1 spiro atoms. The SMILES string of the molecule is CC[C@H]1[C@@H](OC(=O)N[C@H]2CCN(C)C2)/C=C/COC(C)(C)C(=O)NS(=O)(=O)c2ccc3c(c2)N(C[C@@H]1C)C[C@@]1(CCCc2cc(Cl)ccc21)CO3. The van der Waals surface area contributed by atoms with Gasteiger partial charge in [-0.15, -0.1) is 0 Å². The number of carbonyl (C=O) groups excluding carboxylic acids is 2. The van der Waals surface area contributed by atoms with Crippen molar-refractivity contribution < 1.29 is 32.2 Å². The molecule has 2 N–H and O–H groups in total. The Morgan fingerprint density at radius 3 is 2.73 bits per heavy atom. The van der Waals surface area contributed by atoms with Crippen LogP contribution >= 0.6 is 11.6 Å². The number of likely N-dealkylation sites (tertiary alicyclic amines) is 1. The fourth-order valence-electron chi connectivity index (χ4n) is 8.16. The summed E-state index contributed by atoms with van der Waals surface area (Å²) in [5.74, 6) is -0.347. The van der Waals surface area contributed by atoms with E-state index in [0.717, 1.165) is 38.8 Å². The molecule has 13 heteroatoms. The first kappa shape index (κ1) is 37.4. The van der Waals surface area contributed by atoms with Crippen molar-refractivity contribution in [2.45, 2.75) is 87.9 Å². The van der Waals surface area contributed by atoms with Gasteiger partial charge in [0.05, 0.1) is 23.8 Å². The monoisotopic (exact) mass is 742 g/mol. The van der Waals surface area contributed by atoms with Crippen LogP contribution in [0, 0.1) is 11.8 Å². The summed E-state index contributed by atoms with van der Waals surface area (Å²) in [5.41, 5.74) is 1.17. The number of anilines is 1. The van der Waals surface area contributed by atoms with E-state index < -0.39 is 33.7 Å². The number of nitrogens with one attached hydrogen (secondary N) is 2. The summed E-state index contributed by atoms with van der Waals surface area (Å²) in [6.07, 6.45) is 6.87. The van der Waals surface area contributed by atoms with Crippen molar-refractivity contribution in [1.29, 1.82) is 0 Å². The molecule has 2 aromatic carbocycles. The lowest BCUT2D eigenvalue weighted by Gasteiger charge is -2.42. The van der Waals surface area contributed by atoms with Crippen molar-refractivity contribution in [3.05, 3.63) is 64.7 Å². The van der Waals surface area contributed by atoms with Gasteiger partial charge in [0.2, 0.25) is 0 Å². The minimum absolute atomic E-state index is 0.00837. The van der Waals surface area contributed by atoms with Crippen LogP contribution in [0.15, 0.2) is 53.4 Å². The molecule has 3 aliphatic heterocycles. The van der Waals surface area contributed by atoms with Crippen LogP contribution in [0.25, 0.3) is 0 Å². The molecule has 0 radical (unpaired) electrons. The van der Waals surface area contributed by atoms with Crippen molar-refractivity contribution >= 4 is 39.3 Å². The molecule has 278 valence electrons. The normalized spacial score (nSPS) is 30.0. The fourth-order valence-corrected chi connectivity index (χ4v) is 9.48. The summed E-state index contributed by atoms with van der Waals surface area (Å²) >= 11 is 6.45. The van der Waals surface area contributed by atoms with Crippen LogP contribution in [0.2, 0.25) is 5.02 Å². The first-order chi connectivity index (χ1) is 24.2. The van der Waals surface area contributed by atoms with Crippen molar-refractivity contribution in [3.63, 3.8) is 0 Å². The standard InChI is InChI=1S/C38H51ClN4O7S/c1-6-30-25(2)21-43-23-38(16-7-9-26-19-27(39)11-13-31(26)38)24-48-34-14-12-29(20-32(34)43)51(46,47)41-35(44)37(3,4)49-18-8-10-33(30)50-36(45)40-28-15-17-42(5)22-28/h8,10-14,19-20,25,28,30,33H,6-7,9,15-18,21-24H2,1-5H3,(H,40,45)(H,41,44)/b10-8+/t25-,28-,30+,33-,38-/m0/s1. The van der Waals surface area contributed by atoms with Crippen LogP contribution in [0.3, 0.4) is 0 Å². The Morgan fingerprint density at radius 2 is 1.98 bits per heavy atom. The van der Waals surface area contributed by atoms with Crippen molar-refractivity contribution in [2.75, 3.05) is 51.3 Å². The summed E-state index contributed by atoms with van der Waals surface area (Å²) in [4.78, 5) is 31.0. The van der Waals surface area contributed by atoms with Crippen LogP contribution in [0.4, 0.5) is 10.5 Å². The molecule has 6 rings (SSSR count). The molecular formula is C38H51ClN4O7S. The summed E-state index contributed by atoms with van der Waals surface area (Å²) in [7, 11) is -2.22. The third kappa shape index (κ3) is 8.19. The number of fused-ring (bicyclic) bond motifs is 3. The number of likely N-dealkylation sites (N-methyl/N-ethyl adjacent to an activating group) is 1. The number of benzene rings is 2. The maximum Gasteiger partial charge on any atom is 0.407 e. The van der Waals surface area contributed by atoms with Crippen LogP contribution in [-0.2, 0) is 36.1 Å². The predicted molar refractivity (Wildman–Crippen MR) is 197 cm³/mol. The Kier molecular flexibility index (Phi) is 11.0. The van der Waals surface area contributed by atoms with E-state index >= 15 is 0 Å². The molecule has 11 nitrogen and oxygen atoms in total. The van der Waals surface area contributed by atoms with E-state index in [-0.39, 0.29) is 34.8 Å². The molecule has 0 unspecified atom stereocenters. The number of amides is 2. The Morgan fingerprint density at radius 1 is 1.18 bits per heavy atom. The third-order valence-corrected chi connectivity index (χ3v) is 12.6. The number of halogens is 1. The van der Waals surface area contributed by atoms with Gasteiger partial charge in [-0.25, -0.2) is 17.9 Å². The summed E-state index contributed by atoms with van der Waals surface area (Å²) in [6, 6.07) is 10.8. The second-order valence-corrected chi connectivity index (χ2v) is 17.3. The molecule has 5 atom stereocenters. The number of aryl methyl sites for hydroxylation is 1. The second kappa shape index (κ2) is 15.0. The zero-order valence-electron chi connectivity index (χ0n) is 30.2. The Labute approximate surface area is 307 Å². The molecule has 2 aromatic rings. The van der Waals surface area contributed by atoms with Crippen LogP contribution in [0.5, 0.6) is 5.75 Å². The van der Waals surface area contributed by atoms with Crippen molar-refractivity contribution in [1.82, 2.24) is 14.9 Å². The highest BCUT2D eigenvalue weighted by atomic mass is 35.5. The maximum atomic E-state index is 13.7. The van der Waals surface area contributed by atoms with E-state index in [0.29, 0.717) is 42.6 Å². The van der Waals surface area contributed by atoms with Gasteiger partial charge in [-0.1, -0.05) is 37.6 Å². The fraction of sp³-hybridized carbons (Fsp3) is 0.579. The lowest BCUT2D eigenvalue weighted by molar-refractivity contribution is -0.139. The van der Waals surface area contributed by atoms with E-state index in [1.807, 2.05) is 25.3 Å². The first-order valence-electron chi connectivity index (χ1n) is 18.0. The quantitative estimate of drug-likeness (QED) is 0.396. The molecule has 0 aromatic heterocycles. The largest absolute Gasteiger partial charge is 0.490 e. The Balaban J connectivity index is 1.40. The average molecular weight is 743 g/mol. The van der Waals surface area contributed by atoms with Gasteiger partial charge >= 0.3 is 6.09 Å². The molecule has 3 heterocycles. The van der Waals surface area contributed by atoms with Gasteiger partial charge in [0, 0.05) is 42.0 Å². The van der Waals surface area contributed by atoms with E-state index in [2.05, 4.69) is 39.8 Å². The van der Waals surface area contributed by atoms with Gasteiger partial charge < -0.3 is 29.3 Å². The smallest absolute Gasteiger partial charge is 0.407 e. The van der Waals surface area contributed by atoms with Gasteiger partial charge in [0.1, 0.15) is 17.5 Å². The lowest BCUT2D eigenvalue weighted by atomic mass is 9.70. The van der Waals surface area contributed by atoms with Crippen LogP contribution < -0.4 is 19.7 Å². The first-order valence-corrected chi connectivity index (χ1v) is 19.9. The number of nitrogens with zero attached hydrogens (tertiary/aromatic N) is 2. The van der Waals surface area contributed by atoms with Gasteiger partial charge in [-0.05, 0) is 113 Å². The maximum absolute atomic E-state index is 13.7. The minimum Gasteiger partial charge on any atom is -0.490 e. The Bertz CT molecular complexity index is 1770. The van der Waals surface area contributed by atoms with Crippen molar-refractivity contribution in [3.8, 4) is 5.75 Å². The number of carbonyl (C=O) groups is 2. The highest BCUT2D eigenvalue weighted by molar-refractivity contribution is 7.90. The molecule has 1 fully saturated rings. The zero-order valence-corrected chi connectivity index (χ0v) is 31.8. The van der Waals surface area contributed by atoms with Gasteiger partial charge in [-0.2, -0.15) is 0 Å². The number of hydrogen-bond acceptors (Lipinski definition) is 9. The van der Waals surface area contributed by atoms with Gasteiger partial charge in [0.15, 0.2) is 0 Å². The summed E-state index contributed by atoms with van der Waals surface area (Å²) in [6.45, 7) is 10.5. The number of alkyl carbamates (subject to hydrolysis) is 1. The van der Waals surface area contributed by atoms with Crippen LogP contribution in [0.1, 0.15) is 64.5 Å². The second-order valence-electron chi connectivity index (χ2n) is 15.2. The summed E-state index contributed by atoms with van der Waals surface area (Å²) < 4.78 is 48.2. The topological polar surface area (TPSA) is 127 Å². The number of ether oxygens (including phenoxy) is 3. The van der Waals surface area contributed by atoms with E-state index in [1.165, 1.54) is 31.0 Å². The molecule has 2 amide bonds. The zero-order chi connectivity index (χ0) is 36.6. The number of rotatable bonds is 3. The summed E-state index contributed by atoms with van der Waals surface area (Å²) in [5, 5.41) is 3.75. The highest BCUT2D eigenvalue weighted by Gasteiger charge is 2.43. The van der Waals surface area contributed by atoms with Crippen molar-refractivity contribution in [2.24, 2.45) is 11.8 Å². The van der Waals surface area contributed by atoms with E-state index in [4.69, 9.17) is 25.8 Å². The third-order valence-electron chi connectivity index (χ3n) is 11.0. The minimum atomic E-state index is -4.26. The number of sulfonamides is 1. The molecule has 1 saturated heterocycles. The van der Waals surface area contributed by atoms with Gasteiger partial charge in [-0.3, -0.25) is 4.79 Å². The molecule has 4 aliphatic rings. The number of hydrogen-bond donors (Lipinski definition) is 2. The van der Waals surface area contributed by atoms with Crippen LogP contribution in [-0.4, -0.2) is 89.5 Å². The van der Waals surface area contributed by atoms with E-state index in [1.54, 1.807) is 18.2 Å². The Hall–Kier alpha value is -3.32. The predicted octanol–water partition coefficient (Wildman–Crippen LogP) is 5.44. The molecule has 1 aliphatic carbocycles. The lowest BCUT2D eigenvalue weighted by Crippen LogP contribution is -2.48. The van der Waals surface area contributed by atoms with E-state index in [9.17, 15) is 18.0 Å². The molecule has 0 saturated carbocycles. The average Bonchev–Trinajstić information content (AvgIpc) is 3.41. The molecule has 2 bridgehead atoms. The molecular weight excluding hydrogens is 692 g/mol. The van der Waals surface area contributed by atoms with Gasteiger partial charge in [0.25, 0.3) is 15.9 Å². The highest BCUT2D eigenvalue weighted by Crippen LogP contribution is 2.45.